The van der Waals surface area contributed by atoms with Crippen LogP contribution < -0.4 is 0 Å². The van der Waals surface area contributed by atoms with Crippen molar-refractivity contribution in [3.05, 3.63) is 37.3 Å². The Labute approximate surface area is 54.7 Å². The molecule has 0 bridgehead atoms. The number of rotatable bonds is 2. The molecule has 0 spiro atoms. The Morgan fingerprint density at radius 2 is 2.44 bits per heavy atom. The highest BCUT2D eigenvalue weighted by Gasteiger charge is 1.94. The normalized spacial score (nSPS) is 15.3. The number of hydrogen-bond donors (Lipinski definition) is 0. The van der Waals surface area contributed by atoms with Crippen molar-refractivity contribution in [3.63, 3.8) is 0 Å². The van der Waals surface area contributed by atoms with Gasteiger partial charge in [-0.05, 0) is 12.2 Å². The first-order valence-corrected chi connectivity index (χ1v) is 2.81. The number of hydroxylamine groups is 2. The van der Waals surface area contributed by atoms with Crippen molar-refractivity contribution in [2.24, 2.45) is 0 Å². The Morgan fingerprint density at radius 3 is 3.00 bits per heavy atom. The summed E-state index contributed by atoms with van der Waals surface area (Å²) in [5.74, 6) is 0. The summed E-state index contributed by atoms with van der Waals surface area (Å²) in [4.78, 5) is 5.01. The Bertz CT molecular complexity index is 147. The van der Waals surface area contributed by atoms with E-state index in [-0.39, 0.29) is 0 Å². The van der Waals surface area contributed by atoms with Crippen molar-refractivity contribution in [2.75, 3.05) is 6.54 Å². The van der Waals surface area contributed by atoms with Gasteiger partial charge in [-0.3, -0.25) is 0 Å². The maximum absolute atomic E-state index is 5.01. The van der Waals surface area contributed by atoms with E-state index in [4.69, 9.17) is 4.84 Å². The lowest BCUT2D eigenvalue weighted by atomic mass is 10.5. The van der Waals surface area contributed by atoms with Crippen LogP contribution in [0.4, 0.5) is 0 Å². The van der Waals surface area contributed by atoms with Gasteiger partial charge in [-0.25, -0.2) is 5.06 Å². The van der Waals surface area contributed by atoms with Gasteiger partial charge in [0.05, 0.1) is 6.54 Å². The molecule has 0 saturated carbocycles. The van der Waals surface area contributed by atoms with Gasteiger partial charge >= 0.3 is 0 Å². The molecule has 2 nitrogen and oxygen atoms in total. The summed E-state index contributed by atoms with van der Waals surface area (Å²) in [6.07, 6.45) is 9.00. The molecular weight excluding hydrogens is 114 g/mol. The molecule has 48 valence electrons. The van der Waals surface area contributed by atoms with Crippen LogP contribution in [0.1, 0.15) is 0 Å². The van der Waals surface area contributed by atoms with Crippen molar-refractivity contribution in [3.8, 4) is 0 Å². The molecule has 0 aromatic heterocycles. The van der Waals surface area contributed by atoms with E-state index >= 15 is 0 Å². The van der Waals surface area contributed by atoms with Crippen LogP contribution in [0, 0.1) is 0 Å². The predicted octanol–water partition coefficient (Wildman–Crippen LogP) is 1.45. The van der Waals surface area contributed by atoms with Gasteiger partial charge in [0.2, 0.25) is 0 Å². The summed E-state index contributed by atoms with van der Waals surface area (Å²) in [6, 6.07) is 0. The Balaban J connectivity index is 2.36. The molecule has 0 saturated heterocycles. The van der Waals surface area contributed by atoms with Crippen LogP contribution in [0.15, 0.2) is 37.3 Å². The molecule has 1 rings (SSSR count). The van der Waals surface area contributed by atoms with E-state index in [1.807, 2.05) is 18.4 Å². The van der Waals surface area contributed by atoms with Crippen molar-refractivity contribution in [1.82, 2.24) is 5.06 Å². The van der Waals surface area contributed by atoms with Gasteiger partial charge in [-0.2, -0.15) is 0 Å². The van der Waals surface area contributed by atoms with E-state index in [1.54, 1.807) is 17.4 Å². The fraction of sp³-hybridized carbons (Fsp3) is 0.143. The van der Waals surface area contributed by atoms with Crippen LogP contribution in [0.25, 0.3) is 0 Å². The molecule has 0 amide bonds. The zero-order chi connectivity index (χ0) is 6.53. The summed E-state index contributed by atoms with van der Waals surface area (Å²) in [5.41, 5.74) is 0. The molecule has 0 N–H and O–H groups in total. The Kier molecular flexibility index (Phi) is 1.96. The maximum Gasteiger partial charge on any atom is 0.119 e. The predicted molar refractivity (Wildman–Crippen MR) is 36.3 cm³/mol. The average Bonchev–Trinajstić information content (AvgIpc) is 1.91. The summed E-state index contributed by atoms with van der Waals surface area (Å²) in [5, 5.41) is 1.69. The highest BCUT2D eigenvalue weighted by Crippen LogP contribution is 1.98. The van der Waals surface area contributed by atoms with E-state index < -0.39 is 0 Å². The van der Waals surface area contributed by atoms with Crippen LogP contribution in [0.5, 0.6) is 0 Å². The molecule has 0 aromatic rings. The first kappa shape index (κ1) is 5.95. The van der Waals surface area contributed by atoms with Crippen molar-refractivity contribution in [1.29, 1.82) is 0 Å². The van der Waals surface area contributed by atoms with Gasteiger partial charge in [0.25, 0.3) is 0 Å². The lowest BCUT2D eigenvalue weighted by molar-refractivity contribution is -0.0489. The smallest absolute Gasteiger partial charge is 0.119 e. The Morgan fingerprint density at radius 1 is 1.56 bits per heavy atom. The zero-order valence-electron chi connectivity index (χ0n) is 5.16. The summed E-state index contributed by atoms with van der Waals surface area (Å²) >= 11 is 0. The monoisotopic (exact) mass is 123 g/mol. The highest BCUT2D eigenvalue weighted by atomic mass is 16.7. The number of hydrogen-bond acceptors (Lipinski definition) is 2. The van der Waals surface area contributed by atoms with Crippen LogP contribution in [-0.2, 0) is 4.84 Å². The molecule has 1 heterocycles. The van der Waals surface area contributed by atoms with Gasteiger partial charge in [0.15, 0.2) is 0 Å². The zero-order valence-corrected chi connectivity index (χ0v) is 5.16. The van der Waals surface area contributed by atoms with Gasteiger partial charge in [-0.15, -0.1) is 6.58 Å². The van der Waals surface area contributed by atoms with E-state index in [0.717, 1.165) is 6.54 Å². The molecule has 1 aliphatic rings. The first-order valence-electron chi connectivity index (χ1n) is 2.81. The SMILES string of the molecule is C=CCN1C=CC=CO1. The largest absolute Gasteiger partial charge is 0.388 e. The first-order chi connectivity index (χ1) is 4.43. The van der Waals surface area contributed by atoms with E-state index in [9.17, 15) is 0 Å². The van der Waals surface area contributed by atoms with Crippen molar-refractivity contribution >= 4 is 0 Å². The van der Waals surface area contributed by atoms with Crippen LogP contribution >= 0.6 is 0 Å². The van der Waals surface area contributed by atoms with Crippen LogP contribution in [0.2, 0.25) is 0 Å². The second kappa shape index (κ2) is 2.97. The van der Waals surface area contributed by atoms with Gasteiger partial charge in [0.1, 0.15) is 6.26 Å². The minimum absolute atomic E-state index is 0.723. The molecule has 0 aromatic carbocycles. The standard InChI is InChI=1S/C7H9NO/c1-2-5-8-6-3-4-7-9-8/h2-4,6-7H,1,5H2. The van der Waals surface area contributed by atoms with Crippen LogP contribution in [0.3, 0.4) is 0 Å². The van der Waals surface area contributed by atoms with E-state index in [0.29, 0.717) is 0 Å². The highest BCUT2D eigenvalue weighted by molar-refractivity contribution is 5.01. The molecular formula is C7H9NO. The molecule has 0 radical (unpaired) electrons. The van der Waals surface area contributed by atoms with E-state index in [1.165, 1.54) is 0 Å². The maximum atomic E-state index is 5.01. The molecule has 0 unspecified atom stereocenters. The minimum Gasteiger partial charge on any atom is -0.388 e. The van der Waals surface area contributed by atoms with Gasteiger partial charge in [0, 0.05) is 6.20 Å². The molecule has 0 aliphatic carbocycles. The topological polar surface area (TPSA) is 12.5 Å². The van der Waals surface area contributed by atoms with Gasteiger partial charge in [-0.1, -0.05) is 6.08 Å². The number of allylic oxidation sites excluding steroid dienone is 2. The molecule has 9 heavy (non-hydrogen) atoms. The summed E-state index contributed by atoms with van der Waals surface area (Å²) in [7, 11) is 0. The molecule has 1 aliphatic heterocycles. The minimum atomic E-state index is 0.723. The van der Waals surface area contributed by atoms with Crippen molar-refractivity contribution < 1.29 is 4.84 Å². The second-order valence-corrected chi connectivity index (χ2v) is 1.66. The number of nitrogens with zero attached hydrogens (tertiary/aromatic N) is 1. The lowest BCUT2D eigenvalue weighted by Gasteiger charge is -2.17. The van der Waals surface area contributed by atoms with Crippen LogP contribution in [-0.4, -0.2) is 11.6 Å². The molecule has 0 atom stereocenters. The fourth-order valence-corrected chi connectivity index (χ4v) is 0.571. The summed E-state index contributed by atoms with van der Waals surface area (Å²) in [6.45, 7) is 4.30. The molecule has 0 fully saturated rings. The quantitative estimate of drug-likeness (QED) is 0.515. The third kappa shape index (κ3) is 1.64. The average molecular weight is 123 g/mol. The van der Waals surface area contributed by atoms with Gasteiger partial charge < -0.3 is 4.84 Å². The third-order valence-corrected chi connectivity index (χ3v) is 0.947. The lowest BCUT2D eigenvalue weighted by Crippen LogP contribution is -2.15. The molecule has 2 heteroatoms. The fourth-order valence-electron chi connectivity index (χ4n) is 0.571. The third-order valence-electron chi connectivity index (χ3n) is 0.947. The van der Waals surface area contributed by atoms with Crippen molar-refractivity contribution in [2.45, 2.75) is 0 Å². The second-order valence-electron chi connectivity index (χ2n) is 1.66. The Hall–Kier alpha value is -1.18. The van der Waals surface area contributed by atoms with E-state index in [2.05, 4.69) is 6.58 Å². The summed E-state index contributed by atoms with van der Waals surface area (Å²) < 4.78 is 0.